The molecule has 2 rings (SSSR count). The van der Waals surface area contributed by atoms with Crippen LogP contribution >= 0.6 is 15.9 Å². The summed E-state index contributed by atoms with van der Waals surface area (Å²) >= 11 is 3.25. The van der Waals surface area contributed by atoms with Crippen molar-refractivity contribution in [3.8, 4) is 0 Å². The summed E-state index contributed by atoms with van der Waals surface area (Å²) in [4.78, 5) is 14.0. The first-order chi connectivity index (χ1) is 11.6. The van der Waals surface area contributed by atoms with Crippen LogP contribution in [-0.2, 0) is 20.0 Å². The van der Waals surface area contributed by atoms with Crippen molar-refractivity contribution in [1.82, 2.24) is 14.4 Å². The average molecular weight is 453 g/mol. The van der Waals surface area contributed by atoms with E-state index in [1.807, 2.05) is 0 Å². The first-order valence-electron chi connectivity index (χ1n) is 7.15. The van der Waals surface area contributed by atoms with Crippen molar-refractivity contribution in [1.29, 1.82) is 0 Å². The Morgan fingerprint density at radius 2 is 1.84 bits per heavy atom. The number of hydrogen-bond acceptors (Lipinski definition) is 5. The number of primary amides is 1. The fraction of sp³-hybridized carbons (Fsp3) is 0.308. The summed E-state index contributed by atoms with van der Waals surface area (Å²) in [5.41, 5.74) is 5.47. The topological polar surface area (TPSA) is 151 Å². The van der Waals surface area contributed by atoms with Gasteiger partial charge in [0.05, 0.1) is 5.75 Å². The Hall–Kier alpha value is -1.47. The van der Waals surface area contributed by atoms with Crippen LogP contribution in [0.15, 0.2) is 27.6 Å². The Bertz CT molecular complexity index is 1010. The molecule has 0 spiro atoms. The van der Waals surface area contributed by atoms with Gasteiger partial charge in [0.15, 0.2) is 0 Å². The van der Waals surface area contributed by atoms with Crippen molar-refractivity contribution in [2.45, 2.75) is 11.8 Å². The van der Waals surface area contributed by atoms with Crippen molar-refractivity contribution in [3.63, 3.8) is 0 Å². The van der Waals surface area contributed by atoms with Gasteiger partial charge in [0, 0.05) is 28.5 Å². The van der Waals surface area contributed by atoms with Crippen LogP contribution < -0.4 is 15.2 Å². The molecule has 2 aromatic rings. The number of benzene rings is 1. The smallest absolute Gasteiger partial charge is 0.266 e. The second-order valence-electron chi connectivity index (χ2n) is 5.08. The lowest BCUT2D eigenvalue weighted by Gasteiger charge is -2.08. The Balaban J connectivity index is 2.33. The molecule has 0 saturated heterocycles. The molecule has 1 amide bonds. The minimum Gasteiger partial charge on any atom is -0.364 e. The van der Waals surface area contributed by atoms with E-state index in [1.165, 1.54) is 6.92 Å². The lowest BCUT2D eigenvalue weighted by atomic mass is 10.2. The van der Waals surface area contributed by atoms with Crippen molar-refractivity contribution >= 4 is 52.8 Å². The first kappa shape index (κ1) is 19.8. The molecule has 0 aliphatic heterocycles. The van der Waals surface area contributed by atoms with Gasteiger partial charge in [0.25, 0.3) is 5.91 Å². The number of rotatable bonds is 8. The van der Waals surface area contributed by atoms with E-state index in [9.17, 15) is 21.6 Å². The molecule has 1 aromatic carbocycles. The van der Waals surface area contributed by atoms with Crippen LogP contribution in [0, 0.1) is 0 Å². The highest BCUT2D eigenvalue weighted by atomic mass is 79.9. The number of carbonyl (C=O) groups excluding carboxylic acids is 1. The zero-order valence-corrected chi connectivity index (χ0v) is 16.4. The van der Waals surface area contributed by atoms with Crippen LogP contribution in [0.4, 0.5) is 0 Å². The molecule has 0 radical (unpaired) electrons. The molecular weight excluding hydrogens is 436 g/mol. The number of nitrogens with one attached hydrogen (secondary N) is 3. The molecule has 12 heteroatoms. The number of sulfonamides is 2. The Morgan fingerprint density at radius 3 is 2.44 bits per heavy atom. The van der Waals surface area contributed by atoms with Gasteiger partial charge < -0.3 is 10.7 Å². The van der Waals surface area contributed by atoms with E-state index in [0.717, 1.165) is 0 Å². The highest BCUT2D eigenvalue weighted by molar-refractivity contribution is 9.10. The maximum Gasteiger partial charge on any atom is 0.266 e. The van der Waals surface area contributed by atoms with Gasteiger partial charge in [-0.05, 0) is 25.1 Å². The molecule has 0 bridgehead atoms. The molecule has 0 unspecified atom stereocenters. The zero-order valence-electron chi connectivity index (χ0n) is 13.2. The zero-order chi connectivity index (χ0) is 18.8. The van der Waals surface area contributed by atoms with Crippen LogP contribution in [0.5, 0.6) is 0 Å². The summed E-state index contributed by atoms with van der Waals surface area (Å²) in [5, 5.41) is 0.296. The van der Waals surface area contributed by atoms with Gasteiger partial charge in [-0.25, -0.2) is 26.3 Å². The molecule has 0 atom stereocenters. The number of amides is 1. The number of hydrogen-bond donors (Lipinski definition) is 4. The van der Waals surface area contributed by atoms with E-state index < -0.39 is 26.0 Å². The monoisotopic (exact) mass is 452 g/mol. The molecule has 1 aromatic heterocycles. The van der Waals surface area contributed by atoms with E-state index in [0.29, 0.717) is 15.4 Å². The summed E-state index contributed by atoms with van der Waals surface area (Å²) in [5.74, 6) is -1.03. The van der Waals surface area contributed by atoms with Crippen molar-refractivity contribution in [3.05, 3.63) is 28.4 Å². The lowest BCUT2D eigenvalue weighted by molar-refractivity contribution is 0.0993. The normalized spacial score (nSPS) is 12.6. The average Bonchev–Trinajstić information content (AvgIpc) is 2.91. The molecule has 1 heterocycles. The van der Waals surface area contributed by atoms with Gasteiger partial charge in [0.1, 0.15) is 10.6 Å². The minimum atomic E-state index is -4.10. The lowest BCUT2D eigenvalue weighted by Crippen LogP contribution is -2.35. The van der Waals surface area contributed by atoms with E-state index in [1.54, 1.807) is 18.2 Å². The fourth-order valence-corrected chi connectivity index (χ4v) is 4.53. The van der Waals surface area contributed by atoms with Crippen molar-refractivity contribution in [2.75, 3.05) is 18.8 Å². The SMILES string of the molecule is CCS(=O)(=O)NCCNS(=O)(=O)c1c(C(N)=O)[nH]c2ccc(Br)cc12. The van der Waals surface area contributed by atoms with Crippen LogP contribution in [0.2, 0.25) is 0 Å². The van der Waals surface area contributed by atoms with Gasteiger partial charge in [-0.15, -0.1) is 0 Å². The van der Waals surface area contributed by atoms with Crippen LogP contribution in [0.1, 0.15) is 17.4 Å². The molecule has 138 valence electrons. The van der Waals surface area contributed by atoms with E-state index in [-0.39, 0.29) is 29.4 Å². The summed E-state index contributed by atoms with van der Waals surface area (Å²) in [6.07, 6.45) is 0. The maximum atomic E-state index is 12.6. The number of H-pyrrole nitrogens is 1. The van der Waals surface area contributed by atoms with Gasteiger partial charge in [0.2, 0.25) is 20.0 Å². The Kier molecular flexibility index (Phi) is 5.89. The third kappa shape index (κ3) is 4.58. The number of nitrogens with two attached hydrogens (primary N) is 1. The van der Waals surface area contributed by atoms with E-state index >= 15 is 0 Å². The van der Waals surface area contributed by atoms with E-state index in [2.05, 4.69) is 30.4 Å². The molecule has 0 aliphatic rings. The highest BCUT2D eigenvalue weighted by Crippen LogP contribution is 2.29. The van der Waals surface area contributed by atoms with Crippen molar-refractivity contribution < 1.29 is 21.6 Å². The van der Waals surface area contributed by atoms with Crippen LogP contribution in [-0.4, -0.2) is 46.6 Å². The quantitative estimate of drug-likeness (QED) is 0.423. The Labute approximate surface area is 153 Å². The highest BCUT2D eigenvalue weighted by Gasteiger charge is 2.27. The summed E-state index contributed by atoms with van der Waals surface area (Å²) in [6, 6.07) is 4.85. The minimum absolute atomic E-state index is 0.109. The van der Waals surface area contributed by atoms with E-state index in [4.69, 9.17) is 5.73 Å². The molecule has 0 fully saturated rings. The molecule has 0 aliphatic carbocycles. The summed E-state index contributed by atoms with van der Waals surface area (Å²) < 4.78 is 53.1. The first-order valence-corrected chi connectivity index (χ1v) is 11.1. The molecular formula is C13H17BrN4O5S2. The van der Waals surface area contributed by atoms with Gasteiger partial charge in [-0.1, -0.05) is 15.9 Å². The maximum absolute atomic E-state index is 12.6. The second-order valence-corrected chi connectivity index (χ2v) is 9.79. The van der Waals surface area contributed by atoms with Crippen molar-refractivity contribution in [2.24, 2.45) is 5.73 Å². The third-order valence-corrected chi connectivity index (χ3v) is 6.79. The van der Waals surface area contributed by atoms with Crippen LogP contribution in [0.25, 0.3) is 10.9 Å². The standard InChI is InChI=1S/C13H17BrN4O5S2/c1-2-24(20,21)16-5-6-17-25(22,23)12-9-7-8(14)3-4-10(9)18-11(12)13(15)19/h3-4,7,16-18H,2,5-6H2,1H3,(H2,15,19). The number of fused-ring (bicyclic) bond motifs is 1. The number of aromatic nitrogens is 1. The Morgan fingerprint density at radius 1 is 1.20 bits per heavy atom. The molecule has 0 saturated carbocycles. The number of aromatic amines is 1. The van der Waals surface area contributed by atoms with Crippen LogP contribution in [0.3, 0.4) is 0 Å². The molecule has 25 heavy (non-hydrogen) atoms. The third-order valence-electron chi connectivity index (χ3n) is 3.35. The molecule has 9 nitrogen and oxygen atoms in total. The fourth-order valence-electron chi connectivity index (χ4n) is 2.16. The number of halogens is 1. The second kappa shape index (κ2) is 7.41. The van der Waals surface area contributed by atoms with Gasteiger partial charge >= 0.3 is 0 Å². The summed E-state index contributed by atoms with van der Waals surface area (Å²) in [7, 11) is -7.52. The number of carbonyl (C=O) groups is 1. The predicted molar refractivity (Wildman–Crippen MR) is 97.2 cm³/mol. The van der Waals surface area contributed by atoms with Gasteiger partial charge in [-0.3, -0.25) is 4.79 Å². The van der Waals surface area contributed by atoms with Gasteiger partial charge in [-0.2, -0.15) is 0 Å². The largest absolute Gasteiger partial charge is 0.364 e. The molecule has 5 N–H and O–H groups in total. The predicted octanol–water partition coefficient (Wildman–Crippen LogP) is 0.247. The summed E-state index contributed by atoms with van der Waals surface area (Å²) in [6.45, 7) is 1.17.